The number of benzene rings is 1. The molecule has 1 aromatic heterocycles. The number of hydrogen-bond donors (Lipinski definition) is 1. The van der Waals surface area contributed by atoms with Crippen LogP contribution < -0.4 is 5.32 Å². The summed E-state index contributed by atoms with van der Waals surface area (Å²) in [6.45, 7) is 0. The Labute approximate surface area is 135 Å². The van der Waals surface area contributed by atoms with Crippen molar-refractivity contribution in [2.75, 3.05) is 0 Å². The van der Waals surface area contributed by atoms with Gasteiger partial charge in [-0.15, -0.1) is 0 Å². The molecule has 0 aliphatic heterocycles. The van der Waals surface area contributed by atoms with E-state index in [1.807, 2.05) is 0 Å². The van der Waals surface area contributed by atoms with Crippen molar-refractivity contribution in [1.82, 2.24) is 15.1 Å². The van der Waals surface area contributed by atoms with E-state index in [-0.39, 0.29) is 17.8 Å². The normalized spacial score (nSPS) is 16.6. The quantitative estimate of drug-likeness (QED) is 0.935. The van der Waals surface area contributed by atoms with Gasteiger partial charge in [-0.05, 0) is 31.0 Å². The molecular formula is C18H22FN3O. The van der Waals surface area contributed by atoms with Crippen LogP contribution >= 0.6 is 0 Å². The zero-order valence-corrected chi connectivity index (χ0v) is 13.2. The standard InChI is InChI=1S/C18H22FN3O/c19-15-10-6-7-11-17(15)22-13-12-16(21-22)18(23)20-14-8-4-2-1-3-5-9-14/h6-7,10-14H,1-5,8-9H2,(H,20,23). The van der Waals surface area contributed by atoms with Crippen LogP contribution in [0.25, 0.3) is 5.69 Å². The molecule has 0 unspecified atom stereocenters. The van der Waals surface area contributed by atoms with Crippen LogP contribution in [0.15, 0.2) is 36.5 Å². The zero-order chi connectivity index (χ0) is 16.1. The van der Waals surface area contributed by atoms with Gasteiger partial charge in [-0.3, -0.25) is 4.79 Å². The first-order valence-corrected chi connectivity index (χ1v) is 8.35. The third-order valence-electron chi connectivity index (χ3n) is 4.36. The van der Waals surface area contributed by atoms with Gasteiger partial charge >= 0.3 is 0 Å². The molecule has 3 rings (SSSR count). The number of carbonyl (C=O) groups excluding carboxylic acids is 1. The highest BCUT2D eigenvalue weighted by Crippen LogP contribution is 2.18. The Bertz CT molecular complexity index is 660. The lowest BCUT2D eigenvalue weighted by Crippen LogP contribution is -2.35. The first kappa shape index (κ1) is 15.7. The van der Waals surface area contributed by atoms with E-state index >= 15 is 0 Å². The minimum Gasteiger partial charge on any atom is -0.348 e. The molecule has 23 heavy (non-hydrogen) atoms. The fourth-order valence-electron chi connectivity index (χ4n) is 3.08. The van der Waals surface area contributed by atoms with Crippen molar-refractivity contribution in [3.05, 3.63) is 48.0 Å². The Kier molecular flexibility index (Phi) is 5.05. The number of nitrogens with zero attached hydrogens (tertiary/aromatic N) is 2. The van der Waals surface area contributed by atoms with E-state index in [0.29, 0.717) is 11.4 Å². The maximum Gasteiger partial charge on any atom is 0.272 e. The van der Waals surface area contributed by atoms with Crippen LogP contribution in [0.1, 0.15) is 55.4 Å². The maximum absolute atomic E-state index is 13.8. The predicted octanol–water partition coefficient (Wildman–Crippen LogP) is 3.85. The molecule has 122 valence electrons. The molecule has 0 spiro atoms. The van der Waals surface area contributed by atoms with E-state index in [9.17, 15) is 9.18 Å². The summed E-state index contributed by atoms with van der Waals surface area (Å²) in [5.74, 6) is -0.534. The van der Waals surface area contributed by atoms with Crippen LogP contribution in [0.5, 0.6) is 0 Å². The second-order valence-electron chi connectivity index (χ2n) is 6.11. The van der Waals surface area contributed by atoms with Crippen molar-refractivity contribution in [3.63, 3.8) is 0 Å². The summed E-state index contributed by atoms with van der Waals surface area (Å²) in [4.78, 5) is 12.4. The van der Waals surface area contributed by atoms with Crippen LogP contribution in [0.2, 0.25) is 0 Å². The highest BCUT2D eigenvalue weighted by molar-refractivity contribution is 5.92. The number of halogens is 1. The Morgan fingerprint density at radius 1 is 1.09 bits per heavy atom. The van der Waals surface area contributed by atoms with E-state index in [4.69, 9.17) is 0 Å². The van der Waals surface area contributed by atoms with Crippen LogP contribution in [0.4, 0.5) is 4.39 Å². The number of aromatic nitrogens is 2. The molecule has 0 atom stereocenters. The third kappa shape index (κ3) is 3.97. The lowest BCUT2D eigenvalue weighted by atomic mass is 9.96. The lowest BCUT2D eigenvalue weighted by molar-refractivity contribution is 0.0925. The molecule has 1 saturated carbocycles. The molecule has 5 heteroatoms. The highest BCUT2D eigenvalue weighted by atomic mass is 19.1. The number of rotatable bonds is 3. The van der Waals surface area contributed by atoms with Gasteiger partial charge in [0.15, 0.2) is 5.69 Å². The predicted molar refractivity (Wildman–Crippen MR) is 87.1 cm³/mol. The molecule has 1 heterocycles. The summed E-state index contributed by atoms with van der Waals surface area (Å²) >= 11 is 0. The van der Waals surface area contributed by atoms with Crippen LogP contribution in [-0.2, 0) is 0 Å². The number of nitrogens with one attached hydrogen (secondary N) is 1. The van der Waals surface area contributed by atoms with Gasteiger partial charge in [-0.2, -0.15) is 5.10 Å². The molecule has 4 nitrogen and oxygen atoms in total. The third-order valence-corrected chi connectivity index (χ3v) is 4.36. The van der Waals surface area contributed by atoms with E-state index in [1.165, 1.54) is 30.0 Å². The minimum atomic E-state index is -0.359. The Morgan fingerprint density at radius 3 is 2.52 bits per heavy atom. The van der Waals surface area contributed by atoms with Crippen LogP contribution in [0.3, 0.4) is 0 Å². The van der Waals surface area contributed by atoms with Crippen molar-refractivity contribution in [2.45, 2.75) is 51.0 Å². The van der Waals surface area contributed by atoms with E-state index < -0.39 is 0 Å². The average Bonchev–Trinajstić information content (AvgIpc) is 3.00. The van der Waals surface area contributed by atoms with Crippen molar-refractivity contribution in [2.24, 2.45) is 0 Å². The Balaban J connectivity index is 1.67. The summed E-state index contributed by atoms with van der Waals surface area (Å²) in [7, 11) is 0. The number of hydrogen-bond acceptors (Lipinski definition) is 2. The molecule has 1 amide bonds. The van der Waals surface area contributed by atoms with E-state index in [1.54, 1.807) is 30.5 Å². The van der Waals surface area contributed by atoms with Gasteiger partial charge in [0.25, 0.3) is 5.91 Å². The number of para-hydroxylation sites is 1. The SMILES string of the molecule is O=C(NC1CCCCCCC1)c1ccn(-c2ccccc2F)n1. The molecule has 1 aromatic carbocycles. The fraction of sp³-hybridized carbons (Fsp3) is 0.444. The monoisotopic (exact) mass is 315 g/mol. The molecule has 1 aliphatic carbocycles. The minimum absolute atomic E-state index is 0.175. The van der Waals surface area contributed by atoms with Gasteiger partial charge in [0.2, 0.25) is 0 Å². The second kappa shape index (κ2) is 7.40. The van der Waals surface area contributed by atoms with Crippen LogP contribution in [0, 0.1) is 5.82 Å². The van der Waals surface area contributed by atoms with Crippen molar-refractivity contribution in [1.29, 1.82) is 0 Å². The Hall–Kier alpha value is -2.17. The van der Waals surface area contributed by atoms with Crippen molar-refractivity contribution in [3.8, 4) is 5.69 Å². The second-order valence-corrected chi connectivity index (χ2v) is 6.11. The van der Waals surface area contributed by atoms with E-state index in [2.05, 4.69) is 10.4 Å². The summed E-state index contributed by atoms with van der Waals surface area (Å²) in [5, 5.41) is 7.29. The van der Waals surface area contributed by atoms with Crippen molar-refractivity contribution >= 4 is 5.91 Å². The molecular weight excluding hydrogens is 293 g/mol. The van der Waals surface area contributed by atoms with Gasteiger partial charge in [0.1, 0.15) is 11.5 Å². The molecule has 0 saturated heterocycles. The molecule has 1 fully saturated rings. The number of amides is 1. The number of carbonyl (C=O) groups is 1. The van der Waals surface area contributed by atoms with Crippen LogP contribution in [-0.4, -0.2) is 21.7 Å². The zero-order valence-electron chi connectivity index (χ0n) is 13.2. The van der Waals surface area contributed by atoms with Crippen molar-refractivity contribution < 1.29 is 9.18 Å². The smallest absolute Gasteiger partial charge is 0.272 e. The molecule has 2 aromatic rings. The lowest BCUT2D eigenvalue weighted by Gasteiger charge is -2.20. The first-order chi connectivity index (χ1) is 11.2. The largest absolute Gasteiger partial charge is 0.348 e. The van der Waals surface area contributed by atoms with Gasteiger partial charge < -0.3 is 5.32 Å². The molecule has 0 radical (unpaired) electrons. The van der Waals surface area contributed by atoms with Gasteiger partial charge in [0.05, 0.1) is 0 Å². The topological polar surface area (TPSA) is 46.9 Å². The maximum atomic E-state index is 13.8. The fourth-order valence-corrected chi connectivity index (χ4v) is 3.08. The molecule has 1 N–H and O–H groups in total. The summed E-state index contributed by atoms with van der Waals surface area (Å²) in [6, 6.07) is 8.25. The highest BCUT2D eigenvalue weighted by Gasteiger charge is 2.17. The van der Waals surface area contributed by atoms with E-state index in [0.717, 1.165) is 25.7 Å². The molecule has 1 aliphatic rings. The molecule has 0 bridgehead atoms. The van der Waals surface area contributed by atoms with Gasteiger partial charge in [-0.1, -0.05) is 44.2 Å². The Morgan fingerprint density at radius 2 is 1.78 bits per heavy atom. The summed E-state index contributed by atoms with van der Waals surface area (Å²) in [6.07, 6.45) is 9.78. The van der Waals surface area contributed by atoms with Gasteiger partial charge in [0, 0.05) is 12.2 Å². The summed E-state index contributed by atoms with van der Waals surface area (Å²) in [5.41, 5.74) is 0.674. The summed E-state index contributed by atoms with van der Waals surface area (Å²) < 4.78 is 15.2. The average molecular weight is 315 g/mol. The van der Waals surface area contributed by atoms with Gasteiger partial charge in [-0.25, -0.2) is 9.07 Å². The first-order valence-electron chi connectivity index (χ1n) is 8.35.